The Kier molecular flexibility index (Phi) is 3.30. The standard InChI is InChI=1S/C11H22N2O2/c1-7(2)12-8-6-13-5-3-4-9(13)11(15)10(8)14/h7-12,14-15H,3-6H2,1-2H3. The summed E-state index contributed by atoms with van der Waals surface area (Å²) in [5.41, 5.74) is 0. The van der Waals surface area contributed by atoms with Crippen molar-refractivity contribution >= 4 is 0 Å². The summed E-state index contributed by atoms with van der Waals surface area (Å²) in [5.74, 6) is 0. The molecule has 0 aliphatic carbocycles. The van der Waals surface area contributed by atoms with Crippen molar-refractivity contribution < 1.29 is 10.2 Å². The molecule has 2 heterocycles. The Bertz CT molecular complexity index is 223. The number of aliphatic hydroxyl groups excluding tert-OH is 2. The summed E-state index contributed by atoms with van der Waals surface area (Å²) in [6.07, 6.45) is 0.958. The van der Waals surface area contributed by atoms with Crippen LogP contribution in [-0.4, -0.2) is 58.5 Å². The van der Waals surface area contributed by atoms with E-state index in [2.05, 4.69) is 24.1 Å². The smallest absolute Gasteiger partial charge is 0.0979 e. The van der Waals surface area contributed by atoms with E-state index < -0.39 is 12.2 Å². The summed E-state index contributed by atoms with van der Waals surface area (Å²) in [6, 6.07) is 0.538. The molecule has 0 aromatic rings. The van der Waals surface area contributed by atoms with E-state index in [4.69, 9.17) is 0 Å². The van der Waals surface area contributed by atoms with Gasteiger partial charge in [0, 0.05) is 24.7 Å². The molecule has 0 saturated carbocycles. The molecule has 4 unspecified atom stereocenters. The van der Waals surface area contributed by atoms with E-state index >= 15 is 0 Å². The van der Waals surface area contributed by atoms with Gasteiger partial charge in [0.15, 0.2) is 0 Å². The third-order valence-electron chi connectivity index (χ3n) is 3.55. The molecular weight excluding hydrogens is 192 g/mol. The third-order valence-corrected chi connectivity index (χ3v) is 3.55. The SMILES string of the molecule is CC(C)NC1CN2CCCC2C(O)C1O. The van der Waals surface area contributed by atoms with Crippen molar-refractivity contribution in [2.24, 2.45) is 0 Å². The van der Waals surface area contributed by atoms with E-state index in [1.807, 2.05) is 0 Å². The number of nitrogens with zero attached hydrogens (tertiary/aromatic N) is 1. The number of fused-ring (bicyclic) bond motifs is 1. The Morgan fingerprint density at radius 3 is 2.67 bits per heavy atom. The van der Waals surface area contributed by atoms with Crippen molar-refractivity contribution in [3.05, 3.63) is 0 Å². The van der Waals surface area contributed by atoms with Gasteiger partial charge in [0.1, 0.15) is 0 Å². The summed E-state index contributed by atoms with van der Waals surface area (Å²) in [5, 5.41) is 23.3. The highest BCUT2D eigenvalue weighted by Gasteiger charge is 2.43. The van der Waals surface area contributed by atoms with Gasteiger partial charge in [-0.2, -0.15) is 0 Å². The van der Waals surface area contributed by atoms with E-state index in [-0.39, 0.29) is 12.1 Å². The maximum atomic E-state index is 10.00. The first kappa shape index (κ1) is 11.3. The van der Waals surface area contributed by atoms with Crippen LogP contribution >= 0.6 is 0 Å². The summed E-state index contributed by atoms with van der Waals surface area (Å²) in [6.45, 7) is 6.05. The van der Waals surface area contributed by atoms with Crippen LogP contribution in [0.1, 0.15) is 26.7 Å². The zero-order valence-electron chi connectivity index (χ0n) is 9.56. The second-order valence-electron chi connectivity index (χ2n) is 5.11. The fourth-order valence-electron chi connectivity index (χ4n) is 2.87. The van der Waals surface area contributed by atoms with Gasteiger partial charge >= 0.3 is 0 Å². The van der Waals surface area contributed by atoms with Gasteiger partial charge in [0.05, 0.1) is 12.2 Å². The first-order valence-electron chi connectivity index (χ1n) is 5.96. The molecule has 4 heteroatoms. The lowest BCUT2D eigenvalue weighted by Gasteiger charge is -2.43. The molecule has 0 aromatic carbocycles. The average molecular weight is 214 g/mol. The Morgan fingerprint density at radius 2 is 2.00 bits per heavy atom. The van der Waals surface area contributed by atoms with Gasteiger partial charge in [-0.3, -0.25) is 4.90 Å². The van der Waals surface area contributed by atoms with Crippen molar-refractivity contribution in [3.8, 4) is 0 Å². The Hall–Kier alpha value is -0.160. The van der Waals surface area contributed by atoms with E-state index in [0.717, 1.165) is 25.9 Å². The number of hydrogen-bond donors (Lipinski definition) is 3. The maximum absolute atomic E-state index is 10.00. The van der Waals surface area contributed by atoms with Crippen LogP contribution in [0.2, 0.25) is 0 Å². The lowest BCUT2D eigenvalue weighted by molar-refractivity contribution is -0.0823. The molecule has 15 heavy (non-hydrogen) atoms. The summed E-state index contributed by atoms with van der Waals surface area (Å²) in [7, 11) is 0. The number of aliphatic hydroxyl groups is 2. The normalized spacial score (nSPS) is 42.2. The topological polar surface area (TPSA) is 55.7 Å². The first-order chi connectivity index (χ1) is 7.09. The zero-order chi connectivity index (χ0) is 11.0. The largest absolute Gasteiger partial charge is 0.389 e. The van der Waals surface area contributed by atoms with Gasteiger partial charge in [-0.05, 0) is 19.4 Å². The molecule has 0 bridgehead atoms. The van der Waals surface area contributed by atoms with E-state index in [0.29, 0.717) is 6.04 Å². The minimum atomic E-state index is -0.619. The lowest BCUT2D eigenvalue weighted by atomic mass is 9.92. The van der Waals surface area contributed by atoms with Crippen molar-refractivity contribution in [1.82, 2.24) is 10.2 Å². The Balaban J connectivity index is 2.02. The molecule has 2 saturated heterocycles. The van der Waals surface area contributed by atoms with Crippen LogP contribution in [0.15, 0.2) is 0 Å². The predicted octanol–water partition coefficient (Wildman–Crippen LogP) is -0.447. The van der Waals surface area contributed by atoms with Crippen LogP contribution in [0.3, 0.4) is 0 Å². The third kappa shape index (κ3) is 2.18. The molecule has 4 nitrogen and oxygen atoms in total. The Labute approximate surface area is 91.3 Å². The van der Waals surface area contributed by atoms with Crippen molar-refractivity contribution in [2.75, 3.05) is 13.1 Å². The number of nitrogens with one attached hydrogen (secondary N) is 1. The highest BCUT2D eigenvalue weighted by atomic mass is 16.3. The Morgan fingerprint density at radius 1 is 1.27 bits per heavy atom. The van der Waals surface area contributed by atoms with Gasteiger partial charge in [0.25, 0.3) is 0 Å². The van der Waals surface area contributed by atoms with E-state index in [1.165, 1.54) is 0 Å². The minimum absolute atomic E-state index is 0.00866. The van der Waals surface area contributed by atoms with E-state index in [1.54, 1.807) is 0 Å². The summed E-state index contributed by atoms with van der Waals surface area (Å²) >= 11 is 0. The van der Waals surface area contributed by atoms with Crippen LogP contribution in [0.5, 0.6) is 0 Å². The zero-order valence-corrected chi connectivity index (χ0v) is 9.56. The van der Waals surface area contributed by atoms with Gasteiger partial charge in [-0.1, -0.05) is 13.8 Å². The molecule has 2 rings (SSSR count). The number of rotatable bonds is 2. The molecule has 4 atom stereocenters. The van der Waals surface area contributed by atoms with Crippen molar-refractivity contribution in [2.45, 2.75) is 57.0 Å². The van der Waals surface area contributed by atoms with Gasteiger partial charge in [0.2, 0.25) is 0 Å². The maximum Gasteiger partial charge on any atom is 0.0979 e. The van der Waals surface area contributed by atoms with Crippen LogP contribution in [0, 0.1) is 0 Å². The second-order valence-corrected chi connectivity index (χ2v) is 5.11. The van der Waals surface area contributed by atoms with Crippen LogP contribution in [0.25, 0.3) is 0 Å². The fourth-order valence-corrected chi connectivity index (χ4v) is 2.87. The minimum Gasteiger partial charge on any atom is -0.389 e. The van der Waals surface area contributed by atoms with E-state index in [9.17, 15) is 10.2 Å². The van der Waals surface area contributed by atoms with Crippen molar-refractivity contribution in [1.29, 1.82) is 0 Å². The van der Waals surface area contributed by atoms with Crippen molar-refractivity contribution in [3.63, 3.8) is 0 Å². The van der Waals surface area contributed by atoms with Gasteiger partial charge in [-0.25, -0.2) is 0 Å². The monoisotopic (exact) mass is 214 g/mol. The van der Waals surface area contributed by atoms with Gasteiger partial charge in [-0.15, -0.1) is 0 Å². The average Bonchev–Trinajstić information content (AvgIpc) is 2.61. The van der Waals surface area contributed by atoms with Crippen LogP contribution in [0.4, 0.5) is 0 Å². The number of piperidine rings is 1. The number of hydrogen-bond acceptors (Lipinski definition) is 4. The molecule has 88 valence electrons. The molecule has 0 aromatic heterocycles. The molecule has 2 fully saturated rings. The summed E-state index contributed by atoms with van der Waals surface area (Å²) < 4.78 is 0. The molecule has 3 N–H and O–H groups in total. The first-order valence-corrected chi connectivity index (χ1v) is 5.96. The lowest BCUT2D eigenvalue weighted by Crippen LogP contribution is -2.63. The predicted molar refractivity (Wildman–Crippen MR) is 58.7 cm³/mol. The van der Waals surface area contributed by atoms with Gasteiger partial charge < -0.3 is 15.5 Å². The molecule has 2 aliphatic heterocycles. The quantitative estimate of drug-likeness (QED) is 0.583. The molecule has 0 amide bonds. The molecule has 2 aliphatic rings. The molecule has 0 radical (unpaired) electrons. The second kappa shape index (κ2) is 4.37. The fraction of sp³-hybridized carbons (Fsp3) is 1.00. The highest BCUT2D eigenvalue weighted by molar-refractivity contribution is 5.00. The van der Waals surface area contributed by atoms with Crippen LogP contribution in [-0.2, 0) is 0 Å². The molecule has 0 spiro atoms. The van der Waals surface area contributed by atoms with Crippen LogP contribution < -0.4 is 5.32 Å². The summed E-state index contributed by atoms with van der Waals surface area (Å²) in [4.78, 5) is 2.30. The highest BCUT2D eigenvalue weighted by Crippen LogP contribution is 2.27. The molecular formula is C11H22N2O2.